The summed E-state index contributed by atoms with van der Waals surface area (Å²) in [5.41, 5.74) is 0.634. The van der Waals surface area contributed by atoms with Gasteiger partial charge in [-0.1, -0.05) is 49.2 Å². The van der Waals surface area contributed by atoms with Gasteiger partial charge in [0.25, 0.3) is 5.91 Å². The molecule has 174 valence electrons. The number of hydrogen-bond acceptors (Lipinski definition) is 3. The summed E-state index contributed by atoms with van der Waals surface area (Å²) in [6, 6.07) is 14.3. The van der Waals surface area contributed by atoms with Gasteiger partial charge in [0, 0.05) is 18.5 Å². The number of amides is 1. The number of imidazole rings is 1. The second kappa shape index (κ2) is 8.17. The SMILES string of the molecule is O=C(c1cccc2ncn(CC(F)(F)F)c12)N1CCC(O)(c2ccccc2)C2CCCCC21. The maximum Gasteiger partial charge on any atom is 0.406 e. The van der Waals surface area contributed by atoms with Gasteiger partial charge in [-0.15, -0.1) is 0 Å². The molecule has 1 saturated carbocycles. The Morgan fingerprint density at radius 3 is 2.61 bits per heavy atom. The molecule has 1 aromatic heterocycles. The number of hydrogen-bond donors (Lipinski definition) is 1. The Hall–Kier alpha value is -2.87. The smallest absolute Gasteiger partial charge is 0.385 e. The average Bonchev–Trinajstić information content (AvgIpc) is 3.21. The lowest BCUT2D eigenvalue weighted by molar-refractivity contribution is -0.140. The second-order valence-corrected chi connectivity index (χ2v) is 9.16. The molecule has 2 heterocycles. The van der Waals surface area contributed by atoms with E-state index in [0.717, 1.165) is 42.1 Å². The average molecular weight is 457 g/mol. The lowest BCUT2D eigenvalue weighted by Crippen LogP contribution is -2.59. The first-order valence-corrected chi connectivity index (χ1v) is 11.4. The molecule has 33 heavy (non-hydrogen) atoms. The molecule has 1 N–H and O–H groups in total. The van der Waals surface area contributed by atoms with Crippen LogP contribution in [0.25, 0.3) is 11.0 Å². The van der Waals surface area contributed by atoms with Gasteiger partial charge in [-0.25, -0.2) is 4.98 Å². The molecule has 2 aliphatic rings. The Morgan fingerprint density at radius 1 is 1.09 bits per heavy atom. The highest BCUT2D eigenvalue weighted by molar-refractivity contribution is 6.05. The summed E-state index contributed by atoms with van der Waals surface area (Å²) in [5.74, 6) is -0.415. The Morgan fingerprint density at radius 2 is 1.85 bits per heavy atom. The topological polar surface area (TPSA) is 58.4 Å². The first-order valence-electron chi connectivity index (χ1n) is 11.4. The van der Waals surface area contributed by atoms with E-state index in [-0.39, 0.29) is 28.9 Å². The van der Waals surface area contributed by atoms with Gasteiger partial charge >= 0.3 is 6.18 Å². The minimum atomic E-state index is -4.42. The molecule has 3 unspecified atom stereocenters. The molecule has 1 amide bonds. The number of fused-ring (bicyclic) bond motifs is 2. The fourth-order valence-electron chi connectivity index (χ4n) is 5.79. The molecule has 0 spiro atoms. The van der Waals surface area contributed by atoms with Gasteiger partial charge in [-0.2, -0.15) is 13.2 Å². The largest absolute Gasteiger partial charge is 0.406 e. The Kier molecular flexibility index (Phi) is 5.43. The molecule has 5 nitrogen and oxygen atoms in total. The highest BCUT2D eigenvalue weighted by Gasteiger charge is 2.50. The zero-order chi connectivity index (χ0) is 23.2. The number of likely N-dealkylation sites (tertiary alicyclic amines) is 1. The molecule has 1 saturated heterocycles. The molecule has 3 aromatic rings. The third-order valence-corrected chi connectivity index (χ3v) is 7.23. The van der Waals surface area contributed by atoms with Gasteiger partial charge in [0.15, 0.2) is 0 Å². The summed E-state index contributed by atoms with van der Waals surface area (Å²) in [4.78, 5) is 19.6. The van der Waals surface area contributed by atoms with Gasteiger partial charge in [0.05, 0.1) is 28.5 Å². The fraction of sp³-hybridized carbons (Fsp3) is 0.440. The fourth-order valence-corrected chi connectivity index (χ4v) is 5.79. The molecule has 1 aliphatic carbocycles. The van der Waals surface area contributed by atoms with Crippen LogP contribution in [0.3, 0.4) is 0 Å². The highest BCUT2D eigenvalue weighted by Crippen LogP contribution is 2.47. The van der Waals surface area contributed by atoms with Gasteiger partial charge in [-0.3, -0.25) is 4.79 Å². The third-order valence-electron chi connectivity index (χ3n) is 7.23. The van der Waals surface area contributed by atoms with Crippen LogP contribution in [0.15, 0.2) is 54.9 Å². The van der Waals surface area contributed by atoms with E-state index in [0.29, 0.717) is 18.5 Å². The number of aliphatic hydroxyl groups is 1. The van der Waals surface area contributed by atoms with Crippen LogP contribution in [0.1, 0.15) is 48.0 Å². The van der Waals surface area contributed by atoms with Crippen LogP contribution >= 0.6 is 0 Å². The van der Waals surface area contributed by atoms with Crippen LogP contribution in [0, 0.1) is 5.92 Å². The predicted octanol–water partition coefficient (Wildman–Crippen LogP) is 4.89. The van der Waals surface area contributed by atoms with E-state index in [2.05, 4.69) is 4.98 Å². The van der Waals surface area contributed by atoms with Crippen molar-refractivity contribution in [2.24, 2.45) is 5.92 Å². The summed E-state index contributed by atoms with van der Waals surface area (Å²) in [6.07, 6.45) is 0.609. The van der Waals surface area contributed by atoms with E-state index >= 15 is 0 Å². The maximum atomic E-state index is 13.8. The first kappa shape index (κ1) is 21.9. The molecule has 5 rings (SSSR count). The number of nitrogens with zero attached hydrogens (tertiary/aromatic N) is 3. The van der Waals surface area contributed by atoms with Gasteiger partial charge in [0.2, 0.25) is 0 Å². The van der Waals surface area contributed by atoms with E-state index in [4.69, 9.17) is 0 Å². The zero-order valence-corrected chi connectivity index (χ0v) is 18.1. The highest BCUT2D eigenvalue weighted by atomic mass is 19.4. The summed E-state index contributed by atoms with van der Waals surface area (Å²) in [6.45, 7) is -0.858. The van der Waals surface area contributed by atoms with Crippen LogP contribution in [-0.2, 0) is 12.1 Å². The van der Waals surface area contributed by atoms with Crippen molar-refractivity contribution in [3.63, 3.8) is 0 Å². The van der Waals surface area contributed by atoms with Crippen molar-refractivity contribution in [3.8, 4) is 0 Å². The summed E-state index contributed by atoms with van der Waals surface area (Å²) >= 11 is 0. The van der Waals surface area contributed by atoms with Crippen molar-refractivity contribution in [1.82, 2.24) is 14.5 Å². The third kappa shape index (κ3) is 3.90. The Labute approximate surface area is 189 Å². The Balaban J connectivity index is 1.51. The lowest BCUT2D eigenvalue weighted by Gasteiger charge is -2.52. The van der Waals surface area contributed by atoms with Crippen LogP contribution < -0.4 is 0 Å². The quantitative estimate of drug-likeness (QED) is 0.609. The molecule has 0 bridgehead atoms. The Bertz CT molecular complexity index is 1160. The number of para-hydroxylation sites is 1. The first-order chi connectivity index (χ1) is 15.8. The van der Waals surface area contributed by atoms with Gasteiger partial charge in [0.1, 0.15) is 6.54 Å². The molecule has 3 atom stereocenters. The number of alkyl halides is 3. The van der Waals surface area contributed by atoms with E-state index in [1.165, 1.54) is 0 Å². The molecular formula is C25H26F3N3O2. The normalized spacial score (nSPS) is 25.8. The number of benzene rings is 2. The van der Waals surface area contributed by atoms with E-state index in [1.54, 1.807) is 23.1 Å². The number of rotatable bonds is 3. The van der Waals surface area contributed by atoms with E-state index in [9.17, 15) is 23.1 Å². The van der Waals surface area contributed by atoms with Crippen molar-refractivity contribution < 1.29 is 23.1 Å². The lowest BCUT2D eigenvalue weighted by atomic mass is 9.66. The molecule has 0 radical (unpaired) electrons. The molecular weight excluding hydrogens is 431 g/mol. The molecule has 8 heteroatoms. The minimum Gasteiger partial charge on any atom is -0.385 e. The van der Waals surface area contributed by atoms with Crippen LogP contribution in [0.5, 0.6) is 0 Å². The van der Waals surface area contributed by atoms with Gasteiger partial charge < -0.3 is 14.6 Å². The molecule has 2 fully saturated rings. The number of carbonyl (C=O) groups excluding carboxylic acids is 1. The number of piperidine rings is 1. The van der Waals surface area contributed by atoms with Crippen LogP contribution in [-0.4, -0.2) is 44.2 Å². The number of carbonyl (C=O) groups is 1. The van der Waals surface area contributed by atoms with Crippen LogP contribution in [0.2, 0.25) is 0 Å². The monoisotopic (exact) mass is 457 g/mol. The van der Waals surface area contributed by atoms with Gasteiger partial charge in [-0.05, 0) is 37.0 Å². The van der Waals surface area contributed by atoms with E-state index in [1.807, 2.05) is 30.3 Å². The standard InChI is InChI=1S/C25H26F3N3O2/c26-25(27,28)15-30-16-29-20-11-6-9-18(22(20)30)23(32)31-14-13-24(33,17-7-2-1-3-8-17)19-10-4-5-12-21(19)31/h1-3,6-9,11,16,19,21,33H,4-5,10,12-15H2. The zero-order valence-electron chi connectivity index (χ0n) is 18.1. The summed E-state index contributed by atoms with van der Waals surface area (Å²) in [7, 11) is 0. The number of aromatic nitrogens is 2. The molecule has 1 aliphatic heterocycles. The van der Waals surface area contributed by atoms with Crippen molar-refractivity contribution >= 4 is 16.9 Å². The second-order valence-electron chi connectivity index (χ2n) is 9.16. The minimum absolute atomic E-state index is 0.120. The van der Waals surface area contributed by atoms with Crippen molar-refractivity contribution in [2.75, 3.05) is 6.54 Å². The summed E-state index contributed by atoms with van der Waals surface area (Å²) in [5, 5.41) is 11.7. The predicted molar refractivity (Wildman–Crippen MR) is 118 cm³/mol. The number of halogens is 3. The summed E-state index contributed by atoms with van der Waals surface area (Å²) < 4.78 is 40.4. The van der Waals surface area contributed by atoms with E-state index < -0.39 is 18.3 Å². The maximum absolute atomic E-state index is 13.8. The van der Waals surface area contributed by atoms with Crippen molar-refractivity contribution in [1.29, 1.82) is 0 Å². The molecule has 2 aromatic carbocycles. The van der Waals surface area contributed by atoms with Crippen molar-refractivity contribution in [3.05, 3.63) is 66.0 Å². The van der Waals surface area contributed by atoms with Crippen LogP contribution in [0.4, 0.5) is 13.2 Å². The van der Waals surface area contributed by atoms with Crippen molar-refractivity contribution in [2.45, 2.75) is 56.5 Å².